The van der Waals surface area contributed by atoms with Gasteiger partial charge in [0, 0.05) is 29.6 Å². The number of amides is 1. The Labute approximate surface area is 186 Å². The minimum Gasteiger partial charge on any atom is -0.388 e. The molecule has 164 valence electrons. The van der Waals surface area contributed by atoms with Crippen molar-refractivity contribution in [3.8, 4) is 22.5 Å². The lowest BCUT2D eigenvalue weighted by molar-refractivity contribution is -0.112. The molecule has 5 rings (SSSR count). The lowest BCUT2D eigenvalue weighted by Crippen LogP contribution is -2.36. The molecule has 3 aromatic rings. The maximum absolute atomic E-state index is 13.1. The van der Waals surface area contributed by atoms with Gasteiger partial charge in [-0.15, -0.1) is 0 Å². The predicted molar refractivity (Wildman–Crippen MR) is 120 cm³/mol. The second kappa shape index (κ2) is 8.41. The lowest BCUT2D eigenvalue weighted by Gasteiger charge is -2.33. The van der Waals surface area contributed by atoms with Gasteiger partial charge in [-0.05, 0) is 44.7 Å². The Bertz CT molecular complexity index is 1100. The van der Waals surface area contributed by atoms with Gasteiger partial charge >= 0.3 is 0 Å². The average molecular weight is 431 g/mol. The summed E-state index contributed by atoms with van der Waals surface area (Å²) in [7, 11) is 0. The van der Waals surface area contributed by atoms with Crippen molar-refractivity contribution in [2.45, 2.75) is 50.4 Å². The maximum Gasteiger partial charge on any atom is 0.272 e. The zero-order valence-corrected chi connectivity index (χ0v) is 18.0. The fourth-order valence-electron chi connectivity index (χ4n) is 3.92. The van der Waals surface area contributed by atoms with Crippen LogP contribution in [0.25, 0.3) is 22.5 Å². The van der Waals surface area contributed by atoms with Gasteiger partial charge in [0.2, 0.25) is 0 Å². The van der Waals surface area contributed by atoms with Crippen molar-refractivity contribution in [1.29, 1.82) is 0 Å². The third-order valence-corrected chi connectivity index (χ3v) is 5.88. The standard InChI is InChI=1S/C25H26N4O3/c1-25(31)12-11-19(32-15-25)22-20(16-6-3-2-4-7-16)29-23(24(30)27-18-9-10-18)21(28-22)17-8-5-13-26-14-17/h2-8,13-14,18-19,31H,9-12,15H2,1H3,(H,27,30). The Balaban J connectivity index is 1.66. The number of benzene rings is 1. The van der Waals surface area contributed by atoms with E-state index in [1.54, 1.807) is 19.3 Å². The normalized spacial score (nSPS) is 23.0. The first-order valence-corrected chi connectivity index (χ1v) is 11.0. The third-order valence-electron chi connectivity index (χ3n) is 5.88. The second-order valence-corrected chi connectivity index (χ2v) is 8.85. The molecule has 3 heterocycles. The predicted octanol–water partition coefficient (Wildman–Crippen LogP) is 3.70. The molecule has 7 heteroatoms. The summed E-state index contributed by atoms with van der Waals surface area (Å²) in [6.07, 6.45) is 6.24. The molecule has 2 N–H and O–H groups in total. The van der Waals surface area contributed by atoms with E-state index in [1.165, 1.54) is 0 Å². The molecule has 1 saturated carbocycles. The van der Waals surface area contributed by atoms with Crippen molar-refractivity contribution in [1.82, 2.24) is 20.3 Å². The Morgan fingerprint density at radius 1 is 1.06 bits per heavy atom. The Morgan fingerprint density at radius 3 is 2.50 bits per heavy atom. The summed E-state index contributed by atoms with van der Waals surface area (Å²) in [6.45, 7) is 2.00. The third kappa shape index (κ3) is 4.40. The number of pyridine rings is 1. The fraction of sp³-hybridized carbons (Fsp3) is 0.360. The number of aromatic nitrogens is 3. The van der Waals surface area contributed by atoms with Gasteiger partial charge in [-0.25, -0.2) is 9.97 Å². The van der Waals surface area contributed by atoms with Gasteiger partial charge < -0.3 is 15.2 Å². The van der Waals surface area contributed by atoms with Gasteiger partial charge in [-0.3, -0.25) is 9.78 Å². The average Bonchev–Trinajstić information content (AvgIpc) is 3.63. The summed E-state index contributed by atoms with van der Waals surface area (Å²) in [5, 5.41) is 13.4. The summed E-state index contributed by atoms with van der Waals surface area (Å²) in [4.78, 5) is 27.2. The van der Waals surface area contributed by atoms with E-state index in [0.29, 0.717) is 29.9 Å². The second-order valence-electron chi connectivity index (χ2n) is 8.85. The van der Waals surface area contributed by atoms with Crippen LogP contribution in [-0.2, 0) is 4.74 Å². The van der Waals surface area contributed by atoms with E-state index in [9.17, 15) is 9.90 Å². The molecule has 2 atom stereocenters. The summed E-state index contributed by atoms with van der Waals surface area (Å²) in [5.41, 5.74) is 2.83. The van der Waals surface area contributed by atoms with Crippen LogP contribution in [0, 0.1) is 0 Å². The zero-order valence-electron chi connectivity index (χ0n) is 18.0. The van der Waals surface area contributed by atoms with Crippen LogP contribution < -0.4 is 5.32 Å². The summed E-state index contributed by atoms with van der Waals surface area (Å²) < 4.78 is 6.04. The highest BCUT2D eigenvalue weighted by Crippen LogP contribution is 2.37. The topological polar surface area (TPSA) is 97.2 Å². The lowest BCUT2D eigenvalue weighted by atomic mass is 9.92. The number of nitrogens with one attached hydrogen (secondary N) is 1. The number of aliphatic hydroxyl groups is 1. The van der Waals surface area contributed by atoms with E-state index in [0.717, 1.165) is 24.0 Å². The number of carbonyl (C=O) groups is 1. The number of hydrogen-bond donors (Lipinski definition) is 2. The zero-order chi connectivity index (χ0) is 22.1. The Kier molecular flexibility index (Phi) is 5.45. The van der Waals surface area contributed by atoms with Crippen LogP contribution in [0.15, 0.2) is 54.9 Å². The first-order valence-electron chi connectivity index (χ1n) is 11.0. The summed E-state index contributed by atoms with van der Waals surface area (Å²) >= 11 is 0. The minimum atomic E-state index is -0.854. The molecular weight excluding hydrogens is 404 g/mol. The van der Waals surface area contributed by atoms with Crippen LogP contribution in [0.2, 0.25) is 0 Å². The van der Waals surface area contributed by atoms with Gasteiger partial charge in [0.15, 0.2) is 5.69 Å². The van der Waals surface area contributed by atoms with E-state index in [-0.39, 0.29) is 30.4 Å². The van der Waals surface area contributed by atoms with E-state index < -0.39 is 5.60 Å². The quantitative estimate of drug-likeness (QED) is 0.641. The molecule has 2 fully saturated rings. The first-order chi connectivity index (χ1) is 15.5. The van der Waals surface area contributed by atoms with Gasteiger partial charge in [0.25, 0.3) is 5.91 Å². The monoisotopic (exact) mass is 430 g/mol. The van der Waals surface area contributed by atoms with Crippen LogP contribution >= 0.6 is 0 Å². The highest BCUT2D eigenvalue weighted by atomic mass is 16.5. The Hall–Kier alpha value is -3.16. The van der Waals surface area contributed by atoms with E-state index >= 15 is 0 Å². The van der Waals surface area contributed by atoms with E-state index in [2.05, 4.69) is 10.3 Å². The maximum atomic E-state index is 13.1. The summed E-state index contributed by atoms with van der Waals surface area (Å²) in [6, 6.07) is 13.6. The largest absolute Gasteiger partial charge is 0.388 e. The smallest absolute Gasteiger partial charge is 0.272 e. The number of nitrogens with zero attached hydrogens (tertiary/aromatic N) is 3. The molecular formula is C25H26N4O3. The fourth-order valence-corrected chi connectivity index (χ4v) is 3.92. The molecule has 0 spiro atoms. The van der Waals surface area contributed by atoms with Crippen LogP contribution in [-0.4, -0.2) is 44.2 Å². The molecule has 1 amide bonds. The molecule has 1 aromatic carbocycles. The molecule has 1 saturated heterocycles. The summed E-state index contributed by atoms with van der Waals surface area (Å²) in [5.74, 6) is -0.227. The number of rotatable bonds is 5. The van der Waals surface area contributed by atoms with Crippen molar-refractivity contribution >= 4 is 5.91 Å². The van der Waals surface area contributed by atoms with Gasteiger partial charge in [0.05, 0.1) is 23.6 Å². The van der Waals surface area contributed by atoms with Crippen LogP contribution in [0.1, 0.15) is 54.9 Å². The molecule has 1 aliphatic carbocycles. The minimum absolute atomic E-state index is 0.204. The van der Waals surface area contributed by atoms with Crippen molar-refractivity contribution < 1.29 is 14.6 Å². The molecule has 0 bridgehead atoms. The van der Waals surface area contributed by atoms with Gasteiger partial charge in [0.1, 0.15) is 11.8 Å². The van der Waals surface area contributed by atoms with Crippen molar-refractivity contribution in [2.75, 3.05) is 6.61 Å². The molecule has 2 unspecified atom stereocenters. The van der Waals surface area contributed by atoms with Crippen molar-refractivity contribution in [3.63, 3.8) is 0 Å². The molecule has 7 nitrogen and oxygen atoms in total. The Morgan fingerprint density at radius 2 is 1.84 bits per heavy atom. The van der Waals surface area contributed by atoms with Crippen LogP contribution in [0.3, 0.4) is 0 Å². The molecule has 2 aromatic heterocycles. The number of ether oxygens (including phenoxy) is 1. The van der Waals surface area contributed by atoms with E-state index in [1.807, 2.05) is 42.5 Å². The van der Waals surface area contributed by atoms with Gasteiger partial charge in [-0.1, -0.05) is 30.3 Å². The SMILES string of the molecule is CC1(O)CCC(c2nc(-c3cccnc3)c(C(=O)NC3CC3)nc2-c2ccccc2)OC1. The van der Waals surface area contributed by atoms with Crippen molar-refractivity contribution in [2.24, 2.45) is 0 Å². The van der Waals surface area contributed by atoms with Crippen LogP contribution in [0.4, 0.5) is 0 Å². The molecule has 0 radical (unpaired) electrons. The number of carbonyl (C=O) groups excluding carboxylic acids is 1. The van der Waals surface area contributed by atoms with E-state index in [4.69, 9.17) is 14.7 Å². The first kappa shape index (κ1) is 20.7. The van der Waals surface area contributed by atoms with Crippen LogP contribution in [0.5, 0.6) is 0 Å². The number of hydrogen-bond acceptors (Lipinski definition) is 6. The molecule has 32 heavy (non-hydrogen) atoms. The highest BCUT2D eigenvalue weighted by Gasteiger charge is 2.34. The molecule has 1 aliphatic heterocycles. The van der Waals surface area contributed by atoms with Crippen molar-refractivity contribution in [3.05, 3.63) is 66.2 Å². The van der Waals surface area contributed by atoms with Gasteiger partial charge in [-0.2, -0.15) is 0 Å². The highest BCUT2D eigenvalue weighted by molar-refractivity contribution is 5.99. The molecule has 2 aliphatic rings.